The summed E-state index contributed by atoms with van der Waals surface area (Å²) >= 11 is 1.29. The first-order chi connectivity index (χ1) is 15.7. The average Bonchev–Trinajstić information content (AvgIpc) is 3.23. The van der Waals surface area contributed by atoms with Crippen molar-refractivity contribution in [1.82, 2.24) is 4.90 Å². The van der Waals surface area contributed by atoms with Gasteiger partial charge in [0.2, 0.25) is 5.91 Å². The summed E-state index contributed by atoms with van der Waals surface area (Å²) in [6, 6.07) is 3.76. The number of anilines is 1. The Morgan fingerprint density at radius 3 is 2.76 bits per heavy atom. The lowest BCUT2D eigenvalue weighted by atomic mass is 9.88. The Bertz CT molecular complexity index is 1200. The molecule has 1 aliphatic heterocycles. The predicted molar refractivity (Wildman–Crippen MR) is 119 cm³/mol. The van der Waals surface area contributed by atoms with E-state index < -0.39 is 40.8 Å². The Morgan fingerprint density at radius 1 is 1.30 bits per heavy atom. The van der Waals surface area contributed by atoms with Crippen molar-refractivity contribution in [2.24, 2.45) is 5.92 Å². The van der Waals surface area contributed by atoms with E-state index in [1.54, 1.807) is 6.92 Å². The minimum absolute atomic E-state index is 0.116. The van der Waals surface area contributed by atoms with E-state index in [2.05, 4.69) is 12.2 Å². The molecule has 0 fully saturated rings. The molecular weight excluding hydrogens is 450 g/mol. The number of amides is 3. The van der Waals surface area contributed by atoms with E-state index in [0.717, 1.165) is 29.3 Å². The van der Waals surface area contributed by atoms with Gasteiger partial charge in [0.25, 0.3) is 17.5 Å². The van der Waals surface area contributed by atoms with Crippen molar-refractivity contribution >= 4 is 45.7 Å². The van der Waals surface area contributed by atoms with E-state index in [-0.39, 0.29) is 17.7 Å². The molecule has 1 atom stereocenters. The number of nitro groups is 1. The SMILES string of the molecule is CCOC(=O)c1c(NC(=O)CN2C(=O)c3cccc([N+](=O)[O-])c3C2=O)sc2c1CCC(C)C2. The molecule has 1 unspecified atom stereocenters. The number of nitrogens with zero attached hydrogens (tertiary/aromatic N) is 2. The third-order valence-corrected chi connectivity index (χ3v) is 6.89. The summed E-state index contributed by atoms with van der Waals surface area (Å²) in [5.74, 6) is -2.45. The molecule has 0 bridgehead atoms. The Kier molecular flexibility index (Phi) is 5.98. The van der Waals surface area contributed by atoms with Gasteiger partial charge in [-0.3, -0.25) is 29.4 Å². The second-order valence-electron chi connectivity index (χ2n) is 7.98. The first kappa shape index (κ1) is 22.6. The number of fused-ring (bicyclic) bond motifs is 2. The third kappa shape index (κ3) is 3.99. The summed E-state index contributed by atoms with van der Waals surface area (Å²) in [4.78, 5) is 63.0. The molecule has 3 amide bonds. The van der Waals surface area contributed by atoms with Crippen molar-refractivity contribution in [2.45, 2.75) is 33.1 Å². The smallest absolute Gasteiger partial charge is 0.341 e. The number of hydrogen-bond acceptors (Lipinski definition) is 8. The Hall–Kier alpha value is -3.60. The van der Waals surface area contributed by atoms with Crippen LogP contribution in [0.1, 0.15) is 61.8 Å². The topological polar surface area (TPSA) is 136 Å². The van der Waals surface area contributed by atoms with E-state index in [1.807, 2.05) is 0 Å². The Labute approximate surface area is 192 Å². The molecule has 11 heteroatoms. The standard InChI is InChI=1S/C22H21N3O7S/c1-3-32-22(29)18-12-8-7-11(2)9-15(12)33-19(18)23-16(26)10-24-20(27)13-5-4-6-14(25(30)31)17(13)21(24)28/h4-6,11H,3,7-10H2,1-2H3,(H,23,26). The molecule has 2 aliphatic rings. The van der Waals surface area contributed by atoms with E-state index in [0.29, 0.717) is 27.8 Å². The molecule has 1 aromatic carbocycles. The van der Waals surface area contributed by atoms with E-state index in [9.17, 15) is 29.3 Å². The molecule has 4 rings (SSSR count). The lowest BCUT2D eigenvalue weighted by Gasteiger charge is -2.18. The van der Waals surface area contributed by atoms with Crippen molar-refractivity contribution < 1.29 is 28.8 Å². The maximum Gasteiger partial charge on any atom is 0.341 e. The fraction of sp³-hybridized carbons (Fsp3) is 0.364. The monoisotopic (exact) mass is 471 g/mol. The fourth-order valence-electron chi connectivity index (χ4n) is 4.18. The number of esters is 1. The molecule has 1 N–H and O–H groups in total. The predicted octanol–water partition coefficient (Wildman–Crippen LogP) is 3.19. The number of thiophene rings is 1. The largest absolute Gasteiger partial charge is 0.462 e. The number of ether oxygens (including phenoxy) is 1. The van der Waals surface area contributed by atoms with Crippen LogP contribution in [0.5, 0.6) is 0 Å². The van der Waals surface area contributed by atoms with Gasteiger partial charge in [-0.15, -0.1) is 11.3 Å². The van der Waals surface area contributed by atoms with Crippen molar-refractivity contribution in [2.75, 3.05) is 18.5 Å². The molecule has 1 aromatic heterocycles. The number of rotatable bonds is 6. The van der Waals surface area contributed by atoms with Crippen LogP contribution in [0.25, 0.3) is 0 Å². The van der Waals surface area contributed by atoms with Gasteiger partial charge in [-0.25, -0.2) is 4.79 Å². The number of carbonyl (C=O) groups is 4. The first-order valence-corrected chi connectivity index (χ1v) is 11.3. The van der Waals surface area contributed by atoms with Gasteiger partial charge in [-0.05, 0) is 43.7 Å². The molecule has 0 radical (unpaired) electrons. The minimum Gasteiger partial charge on any atom is -0.462 e. The van der Waals surface area contributed by atoms with Crippen LogP contribution >= 0.6 is 11.3 Å². The van der Waals surface area contributed by atoms with E-state index >= 15 is 0 Å². The van der Waals surface area contributed by atoms with Crippen LogP contribution in [0.3, 0.4) is 0 Å². The van der Waals surface area contributed by atoms with Crippen LogP contribution < -0.4 is 5.32 Å². The lowest BCUT2D eigenvalue weighted by Crippen LogP contribution is -2.37. The Morgan fingerprint density at radius 2 is 2.06 bits per heavy atom. The molecule has 2 heterocycles. The van der Waals surface area contributed by atoms with Gasteiger partial charge in [0.05, 0.1) is 22.7 Å². The fourth-order valence-corrected chi connectivity index (χ4v) is 5.59. The zero-order valence-corrected chi connectivity index (χ0v) is 18.8. The normalized spacial score (nSPS) is 16.9. The minimum atomic E-state index is -0.901. The summed E-state index contributed by atoms with van der Waals surface area (Å²) in [6.45, 7) is 3.36. The summed E-state index contributed by atoms with van der Waals surface area (Å²) in [5, 5.41) is 14.2. The zero-order chi connectivity index (χ0) is 23.9. The number of imide groups is 1. The highest BCUT2D eigenvalue weighted by atomic mass is 32.1. The highest BCUT2D eigenvalue weighted by Crippen LogP contribution is 2.40. The molecule has 1 aliphatic carbocycles. The summed E-state index contributed by atoms with van der Waals surface area (Å²) in [6.07, 6.45) is 2.39. The highest BCUT2D eigenvalue weighted by Gasteiger charge is 2.42. The zero-order valence-electron chi connectivity index (χ0n) is 18.0. The van der Waals surface area contributed by atoms with Crippen LogP contribution in [-0.2, 0) is 22.4 Å². The number of benzene rings is 1. The highest BCUT2D eigenvalue weighted by molar-refractivity contribution is 7.17. The second kappa shape index (κ2) is 8.74. The van der Waals surface area contributed by atoms with Crippen LogP contribution in [-0.4, -0.2) is 46.7 Å². The maximum absolute atomic E-state index is 12.8. The van der Waals surface area contributed by atoms with Crippen LogP contribution in [0.2, 0.25) is 0 Å². The van der Waals surface area contributed by atoms with Crippen molar-refractivity contribution in [1.29, 1.82) is 0 Å². The molecule has 0 spiro atoms. The van der Waals surface area contributed by atoms with Crippen molar-refractivity contribution in [3.8, 4) is 0 Å². The number of nitro benzene ring substituents is 1. The van der Waals surface area contributed by atoms with Gasteiger partial charge in [0.1, 0.15) is 17.1 Å². The van der Waals surface area contributed by atoms with Crippen molar-refractivity contribution in [3.63, 3.8) is 0 Å². The quantitative estimate of drug-likeness (QED) is 0.296. The summed E-state index contributed by atoms with van der Waals surface area (Å²) in [7, 11) is 0. The number of nitrogens with one attached hydrogen (secondary N) is 1. The third-order valence-electron chi connectivity index (χ3n) is 5.72. The van der Waals surface area contributed by atoms with Crippen LogP contribution in [0.15, 0.2) is 18.2 Å². The van der Waals surface area contributed by atoms with E-state index in [1.165, 1.54) is 23.5 Å². The molecule has 0 saturated carbocycles. The van der Waals surface area contributed by atoms with Gasteiger partial charge < -0.3 is 10.1 Å². The van der Waals surface area contributed by atoms with Crippen LogP contribution in [0.4, 0.5) is 10.7 Å². The number of carbonyl (C=O) groups excluding carboxylic acids is 4. The number of hydrogen-bond donors (Lipinski definition) is 1. The van der Waals surface area contributed by atoms with Gasteiger partial charge in [-0.2, -0.15) is 0 Å². The second-order valence-corrected chi connectivity index (χ2v) is 9.08. The molecule has 172 valence electrons. The molecule has 0 saturated heterocycles. The maximum atomic E-state index is 12.8. The van der Waals surface area contributed by atoms with Crippen molar-refractivity contribution in [3.05, 3.63) is 55.4 Å². The van der Waals surface area contributed by atoms with Gasteiger partial charge >= 0.3 is 5.97 Å². The molecule has 33 heavy (non-hydrogen) atoms. The lowest BCUT2D eigenvalue weighted by molar-refractivity contribution is -0.385. The molecule has 10 nitrogen and oxygen atoms in total. The molecular formula is C22H21N3O7S. The average molecular weight is 471 g/mol. The Balaban J connectivity index is 1.58. The molecule has 2 aromatic rings. The van der Waals surface area contributed by atoms with Gasteiger partial charge in [0, 0.05) is 10.9 Å². The first-order valence-electron chi connectivity index (χ1n) is 10.5. The van der Waals surface area contributed by atoms with Crippen LogP contribution in [0, 0.1) is 16.0 Å². The van der Waals surface area contributed by atoms with Gasteiger partial charge in [-0.1, -0.05) is 13.0 Å². The van der Waals surface area contributed by atoms with Gasteiger partial charge in [0.15, 0.2) is 0 Å². The summed E-state index contributed by atoms with van der Waals surface area (Å²) < 4.78 is 5.18. The van der Waals surface area contributed by atoms with E-state index in [4.69, 9.17) is 4.74 Å². The summed E-state index contributed by atoms with van der Waals surface area (Å²) in [5.41, 5.74) is 0.250.